The van der Waals surface area contributed by atoms with Gasteiger partial charge < -0.3 is 29.9 Å². The monoisotopic (exact) mass is 485 g/mol. The van der Waals surface area contributed by atoms with Gasteiger partial charge in [0.1, 0.15) is 0 Å². The Morgan fingerprint density at radius 2 is 1.81 bits per heavy atom. The molecule has 0 spiro atoms. The minimum Gasteiger partial charge on any atom is -0.385 e. The number of ether oxygens (including phenoxy) is 2. The largest absolute Gasteiger partial charge is 0.385 e. The number of hydrogen-bond donors (Lipinski definition) is 2. The lowest BCUT2D eigenvalue weighted by Gasteiger charge is -2.32. The first-order valence-electron chi connectivity index (χ1n) is 9.52. The third-order valence-corrected chi connectivity index (χ3v) is 4.77. The molecule has 0 aromatic rings. The minimum atomic E-state index is 0. The van der Waals surface area contributed by atoms with Crippen molar-refractivity contribution in [2.45, 2.75) is 19.3 Å². The first kappa shape index (κ1) is 25.8. The quantitative estimate of drug-likeness (QED) is 0.187. The molecular formula is C18H40IN5O2. The van der Waals surface area contributed by atoms with Gasteiger partial charge in [0.05, 0.1) is 6.61 Å². The molecule has 7 nitrogen and oxygen atoms in total. The summed E-state index contributed by atoms with van der Waals surface area (Å²) in [6.45, 7) is 9.02. The third kappa shape index (κ3) is 12.3. The second-order valence-corrected chi connectivity index (χ2v) is 6.81. The molecule has 1 heterocycles. The molecule has 0 aliphatic carbocycles. The topological polar surface area (TPSA) is 61.4 Å². The van der Waals surface area contributed by atoms with E-state index >= 15 is 0 Å². The SMILES string of the molecule is CN=C(NCCN(C)CCCOC)NCC1CCN(CCOC)CC1.I. The van der Waals surface area contributed by atoms with E-state index in [0.717, 1.165) is 64.2 Å². The molecule has 1 rings (SSSR count). The van der Waals surface area contributed by atoms with Crippen LogP contribution in [0.1, 0.15) is 19.3 Å². The van der Waals surface area contributed by atoms with Crippen LogP contribution in [0.15, 0.2) is 4.99 Å². The molecule has 1 saturated heterocycles. The molecule has 0 saturated carbocycles. The van der Waals surface area contributed by atoms with Crippen molar-refractivity contribution in [3.05, 3.63) is 0 Å². The molecule has 0 unspecified atom stereocenters. The smallest absolute Gasteiger partial charge is 0.191 e. The molecule has 0 radical (unpaired) electrons. The molecule has 1 aliphatic rings. The summed E-state index contributed by atoms with van der Waals surface area (Å²) in [5.74, 6) is 1.64. The molecule has 0 aromatic heterocycles. The Morgan fingerprint density at radius 3 is 2.42 bits per heavy atom. The molecule has 26 heavy (non-hydrogen) atoms. The van der Waals surface area contributed by atoms with E-state index in [0.29, 0.717) is 0 Å². The lowest BCUT2D eigenvalue weighted by Crippen LogP contribution is -2.44. The fourth-order valence-corrected chi connectivity index (χ4v) is 3.05. The number of piperidine rings is 1. The molecule has 1 fully saturated rings. The molecule has 8 heteroatoms. The van der Waals surface area contributed by atoms with E-state index in [9.17, 15) is 0 Å². The van der Waals surface area contributed by atoms with Crippen LogP contribution < -0.4 is 10.6 Å². The molecular weight excluding hydrogens is 445 g/mol. The fraction of sp³-hybridized carbons (Fsp3) is 0.944. The number of rotatable bonds is 12. The van der Waals surface area contributed by atoms with Crippen molar-refractivity contribution in [2.75, 3.05) is 87.3 Å². The summed E-state index contributed by atoms with van der Waals surface area (Å²) in [5.41, 5.74) is 0. The predicted octanol–water partition coefficient (Wildman–Crippen LogP) is 1.10. The highest BCUT2D eigenvalue weighted by atomic mass is 127. The summed E-state index contributed by atoms with van der Waals surface area (Å²) in [4.78, 5) is 9.14. The zero-order chi connectivity index (χ0) is 18.3. The van der Waals surface area contributed by atoms with Crippen molar-refractivity contribution in [2.24, 2.45) is 10.9 Å². The number of likely N-dealkylation sites (N-methyl/N-ethyl adjacent to an activating group) is 1. The summed E-state index contributed by atoms with van der Waals surface area (Å²) >= 11 is 0. The molecule has 0 aromatic carbocycles. The number of likely N-dealkylation sites (tertiary alicyclic amines) is 1. The van der Waals surface area contributed by atoms with Crippen molar-refractivity contribution in [3.63, 3.8) is 0 Å². The van der Waals surface area contributed by atoms with Crippen molar-refractivity contribution in [1.29, 1.82) is 0 Å². The second-order valence-electron chi connectivity index (χ2n) is 6.81. The van der Waals surface area contributed by atoms with E-state index in [2.05, 4.69) is 32.5 Å². The van der Waals surface area contributed by atoms with Gasteiger partial charge in [0.25, 0.3) is 0 Å². The average molecular weight is 485 g/mol. The van der Waals surface area contributed by atoms with Crippen molar-refractivity contribution >= 4 is 29.9 Å². The Bertz CT molecular complexity index is 352. The predicted molar refractivity (Wildman–Crippen MR) is 120 cm³/mol. The number of aliphatic imine (C=N–C) groups is 1. The van der Waals surface area contributed by atoms with Gasteiger partial charge in [0.15, 0.2) is 5.96 Å². The van der Waals surface area contributed by atoms with Gasteiger partial charge in [-0.05, 0) is 45.3 Å². The maximum absolute atomic E-state index is 5.16. The summed E-state index contributed by atoms with van der Waals surface area (Å²) in [6, 6.07) is 0. The standard InChI is InChI=1S/C18H39N5O2.HI/c1-19-18(20-8-12-22(2)9-5-14-24-3)21-16-17-6-10-23(11-7-17)13-15-25-4;/h17H,5-16H2,1-4H3,(H2,19,20,21);1H. The van der Waals surface area contributed by atoms with E-state index in [1.807, 2.05) is 7.05 Å². The van der Waals surface area contributed by atoms with Gasteiger partial charge in [-0.2, -0.15) is 0 Å². The number of methoxy groups -OCH3 is 2. The summed E-state index contributed by atoms with van der Waals surface area (Å²) in [5, 5.41) is 6.89. The van der Waals surface area contributed by atoms with E-state index < -0.39 is 0 Å². The average Bonchev–Trinajstić information content (AvgIpc) is 2.64. The third-order valence-electron chi connectivity index (χ3n) is 4.77. The first-order chi connectivity index (χ1) is 12.2. The molecule has 156 valence electrons. The van der Waals surface area contributed by atoms with Crippen LogP contribution in [0.3, 0.4) is 0 Å². The summed E-state index contributed by atoms with van der Waals surface area (Å²) in [6.07, 6.45) is 3.56. The molecule has 0 bridgehead atoms. The van der Waals surface area contributed by atoms with Gasteiger partial charge in [-0.15, -0.1) is 24.0 Å². The number of hydrogen-bond acceptors (Lipinski definition) is 5. The van der Waals surface area contributed by atoms with E-state index in [4.69, 9.17) is 9.47 Å². The fourth-order valence-electron chi connectivity index (χ4n) is 3.05. The number of nitrogens with zero attached hydrogens (tertiary/aromatic N) is 3. The molecule has 0 amide bonds. The van der Waals surface area contributed by atoms with E-state index in [1.54, 1.807) is 14.2 Å². The Kier molecular flexibility index (Phi) is 16.9. The van der Waals surface area contributed by atoms with Crippen LogP contribution in [0.2, 0.25) is 0 Å². The maximum atomic E-state index is 5.16. The summed E-state index contributed by atoms with van der Waals surface area (Å²) < 4.78 is 10.2. The lowest BCUT2D eigenvalue weighted by atomic mass is 9.97. The van der Waals surface area contributed by atoms with Crippen molar-refractivity contribution in [3.8, 4) is 0 Å². The Morgan fingerprint density at radius 1 is 1.12 bits per heavy atom. The first-order valence-corrected chi connectivity index (χ1v) is 9.52. The maximum Gasteiger partial charge on any atom is 0.191 e. The van der Waals surface area contributed by atoms with Gasteiger partial charge in [-0.1, -0.05) is 0 Å². The molecule has 0 atom stereocenters. The number of guanidine groups is 1. The second kappa shape index (κ2) is 17.0. The van der Waals surface area contributed by atoms with Crippen LogP contribution in [0.25, 0.3) is 0 Å². The number of halogens is 1. The van der Waals surface area contributed by atoms with E-state index in [1.165, 1.54) is 25.9 Å². The van der Waals surface area contributed by atoms with Crippen LogP contribution in [0.4, 0.5) is 0 Å². The van der Waals surface area contributed by atoms with Crippen molar-refractivity contribution < 1.29 is 9.47 Å². The minimum absolute atomic E-state index is 0. The Balaban J connectivity index is 0.00000625. The van der Waals surface area contributed by atoms with Gasteiger partial charge in [0, 0.05) is 60.6 Å². The molecule has 1 aliphatic heterocycles. The number of nitrogens with one attached hydrogen (secondary N) is 2. The highest BCUT2D eigenvalue weighted by molar-refractivity contribution is 14.0. The van der Waals surface area contributed by atoms with Crippen LogP contribution in [-0.2, 0) is 9.47 Å². The van der Waals surface area contributed by atoms with Crippen LogP contribution in [0.5, 0.6) is 0 Å². The lowest BCUT2D eigenvalue weighted by molar-refractivity contribution is 0.121. The van der Waals surface area contributed by atoms with Crippen LogP contribution in [0, 0.1) is 5.92 Å². The van der Waals surface area contributed by atoms with Gasteiger partial charge in [0.2, 0.25) is 0 Å². The van der Waals surface area contributed by atoms with Crippen molar-refractivity contribution in [1.82, 2.24) is 20.4 Å². The molecule has 2 N–H and O–H groups in total. The van der Waals surface area contributed by atoms with Crippen LogP contribution in [-0.4, -0.2) is 103 Å². The highest BCUT2D eigenvalue weighted by Gasteiger charge is 2.18. The highest BCUT2D eigenvalue weighted by Crippen LogP contribution is 2.15. The zero-order valence-electron chi connectivity index (χ0n) is 17.1. The van der Waals surface area contributed by atoms with Crippen LogP contribution >= 0.6 is 24.0 Å². The zero-order valence-corrected chi connectivity index (χ0v) is 19.5. The summed E-state index contributed by atoms with van der Waals surface area (Å²) in [7, 11) is 7.50. The van der Waals surface area contributed by atoms with E-state index in [-0.39, 0.29) is 24.0 Å². The normalized spacial score (nSPS) is 16.6. The Labute approximate surface area is 177 Å². The van der Waals surface area contributed by atoms with Gasteiger partial charge in [-0.3, -0.25) is 4.99 Å². The Hall–Kier alpha value is -0.160. The van der Waals surface area contributed by atoms with Gasteiger partial charge >= 0.3 is 0 Å². The van der Waals surface area contributed by atoms with Gasteiger partial charge in [-0.25, -0.2) is 0 Å².